The van der Waals surface area contributed by atoms with Gasteiger partial charge in [-0.25, -0.2) is 4.39 Å². The van der Waals surface area contributed by atoms with Crippen molar-refractivity contribution in [1.82, 2.24) is 5.32 Å². The Hall–Kier alpha value is -2.02. The second-order valence-electron chi connectivity index (χ2n) is 3.42. The van der Waals surface area contributed by atoms with E-state index in [0.717, 1.165) is 12.1 Å². The molecule has 6 nitrogen and oxygen atoms in total. The first-order valence-corrected chi connectivity index (χ1v) is 4.90. The SMILES string of the molecule is Cc1cc(F)cc(C(=O)NCCN)c1[N+](=O)[O-]. The fourth-order valence-corrected chi connectivity index (χ4v) is 1.43. The van der Waals surface area contributed by atoms with Crippen molar-refractivity contribution < 1.29 is 14.1 Å². The first-order valence-electron chi connectivity index (χ1n) is 4.90. The molecule has 0 bridgehead atoms. The van der Waals surface area contributed by atoms with Crippen LogP contribution in [0.5, 0.6) is 0 Å². The Balaban J connectivity index is 3.20. The maximum atomic E-state index is 13.1. The normalized spacial score (nSPS) is 10.1. The summed E-state index contributed by atoms with van der Waals surface area (Å²) >= 11 is 0. The van der Waals surface area contributed by atoms with Gasteiger partial charge in [-0.2, -0.15) is 0 Å². The number of aryl methyl sites for hydroxylation is 1. The van der Waals surface area contributed by atoms with E-state index < -0.39 is 16.6 Å². The molecule has 1 amide bonds. The van der Waals surface area contributed by atoms with Gasteiger partial charge in [-0.05, 0) is 19.1 Å². The molecule has 1 aromatic carbocycles. The highest BCUT2D eigenvalue weighted by atomic mass is 19.1. The van der Waals surface area contributed by atoms with Crippen molar-refractivity contribution in [3.05, 3.63) is 39.2 Å². The number of hydrogen-bond donors (Lipinski definition) is 2. The molecule has 0 unspecified atom stereocenters. The van der Waals surface area contributed by atoms with Gasteiger partial charge in [-0.1, -0.05) is 0 Å². The van der Waals surface area contributed by atoms with Gasteiger partial charge in [0.15, 0.2) is 0 Å². The van der Waals surface area contributed by atoms with Gasteiger partial charge in [0.2, 0.25) is 0 Å². The minimum absolute atomic E-state index is 0.105. The zero-order chi connectivity index (χ0) is 13.0. The third kappa shape index (κ3) is 2.97. The van der Waals surface area contributed by atoms with Gasteiger partial charge < -0.3 is 11.1 Å². The van der Waals surface area contributed by atoms with Crippen LogP contribution >= 0.6 is 0 Å². The summed E-state index contributed by atoms with van der Waals surface area (Å²) in [7, 11) is 0. The summed E-state index contributed by atoms with van der Waals surface area (Å²) in [5.74, 6) is -1.39. The van der Waals surface area contributed by atoms with Crippen molar-refractivity contribution in [2.24, 2.45) is 5.73 Å². The summed E-state index contributed by atoms with van der Waals surface area (Å²) in [6.07, 6.45) is 0. The Morgan fingerprint density at radius 3 is 2.76 bits per heavy atom. The number of carbonyl (C=O) groups is 1. The van der Waals surface area contributed by atoms with Crippen LogP contribution in [-0.4, -0.2) is 23.9 Å². The number of amides is 1. The molecule has 0 fully saturated rings. The summed E-state index contributed by atoms with van der Waals surface area (Å²) in [6, 6.07) is 1.86. The average Bonchev–Trinajstić information content (AvgIpc) is 2.23. The van der Waals surface area contributed by atoms with Gasteiger partial charge in [0.25, 0.3) is 11.6 Å². The highest BCUT2D eigenvalue weighted by molar-refractivity contribution is 5.98. The van der Waals surface area contributed by atoms with Crippen LogP contribution in [-0.2, 0) is 0 Å². The minimum Gasteiger partial charge on any atom is -0.351 e. The van der Waals surface area contributed by atoms with E-state index in [4.69, 9.17) is 5.73 Å². The number of benzene rings is 1. The van der Waals surface area contributed by atoms with Gasteiger partial charge in [0.05, 0.1) is 4.92 Å². The molecule has 0 atom stereocenters. The molecule has 1 rings (SSSR count). The molecule has 0 spiro atoms. The van der Waals surface area contributed by atoms with E-state index in [2.05, 4.69) is 5.32 Å². The molecule has 7 heteroatoms. The molecule has 0 aliphatic carbocycles. The smallest absolute Gasteiger partial charge is 0.285 e. The van der Waals surface area contributed by atoms with Crippen LogP contribution in [0.25, 0.3) is 0 Å². The zero-order valence-electron chi connectivity index (χ0n) is 9.20. The van der Waals surface area contributed by atoms with Crippen molar-refractivity contribution in [1.29, 1.82) is 0 Å². The maximum absolute atomic E-state index is 13.1. The van der Waals surface area contributed by atoms with Crippen LogP contribution in [0, 0.1) is 22.9 Å². The van der Waals surface area contributed by atoms with Crippen LogP contribution in [0.15, 0.2) is 12.1 Å². The molecule has 0 aromatic heterocycles. The van der Waals surface area contributed by atoms with E-state index in [1.165, 1.54) is 6.92 Å². The third-order valence-corrected chi connectivity index (χ3v) is 2.12. The molecule has 0 saturated heterocycles. The Morgan fingerprint density at radius 2 is 2.24 bits per heavy atom. The highest BCUT2D eigenvalue weighted by Crippen LogP contribution is 2.24. The molecular weight excluding hydrogens is 229 g/mol. The maximum Gasteiger partial charge on any atom is 0.285 e. The molecular formula is C10H12FN3O3. The van der Waals surface area contributed by atoms with Gasteiger partial charge >= 0.3 is 0 Å². The molecule has 1 aromatic rings. The Bertz CT molecular complexity index is 462. The Labute approximate surface area is 96.8 Å². The van der Waals surface area contributed by atoms with Crippen LogP contribution < -0.4 is 11.1 Å². The lowest BCUT2D eigenvalue weighted by atomic mass is 10.1. The summed E-state index contributed by atoms with van der Waals surface area (Å²) in [5.41, 5.74) is 4.62. The number of rotatable bonds is 4. The molecule has 3 N–H and O–H groups in total. The molecule has 0 saturated carbocycles. The van der Waals surface area contributed by atoms with Crippen molar-refractivity contribution in [3.63, 3.8) is 0 Å². The lowest BCUT2D eigenvalue weighted by Gasteiger charge is -2.06. The monoisotopic (exact) mass is 241 g/mol. The molecule has 92 valence electrons. The van der Waals surface area contributed by atoms with E-state index in [1.54, 1.807) is 0 Å². The zero-order valence-corrected chi connectivity index (χ0v) is 9.20. The predicted octanol–water partition coefficient (Wildman–Crippen LogP) is 0.731. The fourth-order valence-electron chi connectivity index (χ4n) is 1.43. The number of hydrogen-bond acceptors (Lipinski definition) is 4. The number of nitrogens with zero attached hydrogens (tertiary/aromatic N) is 1. The third-order valence-electron chi connectivity index (χ3n) is 2.12. The number of carbonyl (C=O) groups excluding carboxylic acids is 1. The quantitative estimate of drug-likeness (QED) is 0.599. The lowest BCUT2D eigenvalue weighted by molar-refractivity contribution is -0.385. The molecule has 17 heavy (non-hydrogen) atoms. The van der Waals surface area contributed by atoms with Crippen LogP contribution in [0.2, 0.25) is 0 Å². The van der Waals surface area contributed by atoms with Crippen LogP contribution in [0.1, 0.15) is 15.9 Å². The van der Waals surface area contributed by atoms with Crippen LogP contribution in [0.3, 0.4) is 0 Å². The van der Waals surface area contributed by atoms with E-state index in [0.29, 0.717) is 0 Å². The van der Waals surface area contributed by atoms with E-state index >= 15 is 0 Å². The van der Waals surface area contributed by atoms with Gasteiger partial charge in [0.1, 0.15) is 11.4 Å². The first kappa shape index (κ1) is 13.0. The molecule has 0 aliphatic heterocycles. The number of nitro groups is 1. The van der Waals surface area contributed by atoms with E-state index in [-0.39, 0.29) is 29.9 Å². The lowest BCUT2D eigenvalue weighted by Crippen LogP contribution is -2.29. The predicted molar refractivity (Wildman–Crippen MR) is 59.2 cm³/mol. The number of nitrogens with two attached hydrogens (primary N) is 1. The molecule has 0 aliphatic rings. The summed E-state index contributed by atoms with van der Waals surface area (Å²) in [5, 5.41) is 13.2. The van der Waals surface area contributed by atoms with E-state index in [1.807, 2.05) is 0 Å². The van der Waals surface area contributed by atoms with Crippen molar-refractivity contribution in [2.75, 3.05) is 13.1 Å². The van der Waals surface area contributed by atoms with Crippen molar-refractivity contribution in [3.8, 4) is 0 Å². The largest absolute Gasteiger partial charge is 0.351 e. The van der Waals surface area contributed by atoms with Crippen molar-refractivity contribution >= 4 is 11.6 Å². The first-order chi connectivity index (χ1) is 7.97. The Kier molecular flexibility index (Phi) is 4.11. The van der Waals surface area contributed by atoms with Gasteiger partial charge in [-0.3, -0.25) is 14.9 Å². The topological polar surface area (TPSA) is 98.3 Å². The van der Waals surface area contributed by atoms with E-state index in [9.17, 15) is 19.3 Å². The minimum atomic E-state index is -0.704. The summed E-state index contributed by atoms with van der Waals surface area (Å²) in [4.78, 5) is 21.7. The standard InChI is InChI=1S/C10H12FN3O3/c1-6-4-7(11)5-8(9(6)14(16)17)10(15)13-3-2-12/h4-5H,2-3,12H2,1H3,(H,13,15). The van der Waals surface area contributed by atoms with Gasteiger partial charge in [0, 0.05) is 18.7 Å². The average molecular weight is 241 g/mol. The number of halogens is 1. The van der Waals surface area contributed by atoms with Crippen molar-refractivity contribution in [2.45, 2.75) is 6.92 Å². The van der Waals surface area contributed by atoms with Gasteiger partial charge in [-0.15, -0.1) is 0 Å². The Morgan fingerprint density at radius 1 is 1.59 bits per heavy atom. The highest BCUT2D eigenvalue weighted by Gasteiger charge is 2.23. The second kappa shape index (κ2) is 5.35. The summed E-state index contributed by atoms with van der Waals surface area (Å²) < 4.78 is 13.1. The molecule has 0 radical (unpaired) electrons. The molecule has 0 heterocycles. The number of nitrogens with one attached hydrogen (secondary N) is 1. The summed E-state index contributed by atoms with van der Waals surface area (Å²) in [6.45, 7) is 1.75. The second-order valence-corrected chi connectivity index (χ2v) is 3.42. The fraction of sp³-hybridized carbons (Fsp3) is 0.300. The van der Waals surface area contributed by atoms with Crippen LogP contribution in [0.4, 0.5) is 10.1 Å². The number of nitro benzene ring substituents is 1.